The molecule has 4 nitrogen and oxygen atoms in total. The van der Waals surface area contributed by atoms with Gasteiger partial charge in [-0.05, 0) is 58.5 Å². The summed E-state index contributed by atoms with van der Waals surface area (Å²) in [5, 5.41) is 0. The van der Waals surface area contributed by atoms with Crippen LogP contribution in [0.1, 0.15) is 45.4 Å². The van der Waals surface area contributed by atoms with Crippen molar-refractivity contribution >= 4 is 5.91 Å². The number of nitrogens with two attached hydrogens (primary N) is 1. The predicted molar refractivity (Wildman–Crippen MR) is 80.3 cm³/mol. The molecule has 3 fully saturated rings. The number of nitrogens with zero attached hydrogens (tertiary/aromatic N) is 2. The van der Waals surface area contributed by atoms with E-state index in [0.717, 1.165) is 38.8 Å². The van der Waals surface area contributed by atoms with Crippen LogP contribution in [0.25, 0.3) is 0 Å². The monoisotopic (exact) mass is 279 g/mol. The van der Waals surface area contributed by atoms with Gasteiger partial charge in [0, 0.05) is 25.2 Å². The van der Waals surface area contributed by atoms with Crippen LogP contribution in [0.4, 0.5) is 0 Å². The Balaban J connectivity index is 1.68. The van der Waals surface area contributed by atoms with Crippen molar-refractivity contribution < 1.29 is 4.79 Å². The van der Waals surface area contributed by atoms with Crippen molar-refractivity contribution in [2.24, 2.45) is 17.1 Å². The van der Waals surface area contributed by atoms with Crippen LogP contribution in [0.15, 0.2) is 0 Å². The van der Waals surface area contributed by atoms with E-state index in [4.69, 9.17) is 5.73 Å². The molecule has 1 aliphatic carbocycles. The van der Waals surface area contributed by atoms with E-state index in [-0.39, 0.29) is 11.5 Å². The van der Waals surface area contributed by atoms with Crippen molar-refractivity contribution in [3.63, 3.8) is 0 Å². The summed E-state index contributed by atoms with van der Waals surface area (Å²) in [6, 6.07) is 0.750. The molecular formula is C16H29N3O. The second-order valence-corrected chi connectivity index (χ2v) is 7.41. The average Bonchev–Trinajstić information content (AvgIpc) is 2.79. The van der Waals surface area contributed by atoms with E-state index < -0.39 is 0 Å². The van der Waals surface area contributed by atoms with E-state index >= 15 is 0 Å². The van der Waals surface area contributed by atoms with Gasteiger partial charge in [-0.3, -0.25) is 4.79 Å². The molecule has 4 atom stereocenters. The number of fused-ring (bicyclic) bond motifs is 1. The Morgan fingerprint density at radius 3 is 2.70 bits per heavy atom. The number of carbonyl (C=O) groups excluding carboxylic acids is 1. The topological polar surface area (TPSA) is 49.6 Å². The zero-order chi connectivity index (χ0) is 14.3. The van der Waals surface area contributed by atoms with E-state index in [2.05, 4.69) is 23.8 Å². The molecular weight excluding hydrogens is 250 g/mol. The summed E-state index contributed by atoms with van der Waals surface area (Å²) >= 11 is 0. The van der Waals surface area contributed by atoms with Crippen LogP contribution >= 0.6 is 0 Å². The number of rotatable bonds is 1. The largest absolute Gasteiger partial charge is 0.342 e. The van der Waals surface area contributed by atoms with Crippen molar-refractivity contribution in [2.75, 3.05) is 26.7 Å². The first kappa shape index (κ1) is 14.3. The molecule has 2 N–H and O–H groups in total. The maximum absolute atomic E-state index is 12.9. The highest BCUT2D eigenvalue weighted by molar-refractivity contribution is 5.83. The lowest BCUT2D eigenvalue weighted by Crippen LogP contribution is -2.57. The molecule has 1 saturated carbocycles. The standard InChI is InChI=1S/C16H29N3O/c1-16(8-3-6-14(16)17)15(20)19-10-7-13-12(11-19)5-4-9-18(13)2/h12-14H,3-11,17H2,1-2H3. The van der Waals surface area contributed by atoms with E-state index in [9.17, 15) is 4.79 Å². The van der Waals surface area contributed by atoms with Gasteiger partial charge in [0.15, 0.2) is 0 Å². The van der Waals surface area contributed by atoms with E-state index in [1.165, 1.54) is 19.4 Å². The molecule has 114 valence electrons. The van der Waals surface area contributed by atoms with Gasteiger partial charge < -0.3 is 15.5 Å². The molecule has 0 spiro atoms. The molecule has 1 amide bonds. The third kappa shape index (κ3) is 2.27. The third-order valence-corrected chi connectivity index (χ3v) is 6.15. The highest BCUT2D eigenvalue weighted by Crippen LogP contribution is 2.40. The van der Waals surface area contributed by atoms with Gasteiger partial charge in [0.25, 0.3) is 0 Å². The van der Waals surface area contributed by atoms with Gasteiger partial charge in [0.1, 0.15) is 0 Å². The molecule has 3 rings (SSSR count). The zero-order valence-electron chi connectivity index (χ0n) is 13.0. The number of piperidine rings is 2. The van der Waals surface area contributed by atoms with Crippen molar-refractivity contribution in [3.8, 4) is 0 Å². The number of likely N-dealkylation sites (tertiary alicyclic amines) is 2. The highest BCUT2D eigenvalue weighted by atomic mass is 16.2. The highest BCUT2D eigenvalue weighted by Gasteiger charge is 2.47. The van der Waals surface area contributed by atoms with Crippen molar-refractivity contribution in [2.45, 2.75) is 57.5 Å². The van der Waals surface area contributed by atoms with Gasteiger partial charge in [-0.1, -0.05) is 6.42 Å². The minimum atomic E-state index is -0.298. The summed E-state index contributed by atoms with van der Waals surface area (Å²) in [6.45, 7) is 5.19. The summed E-state index contributed by atoms with van der Waals surface area (Å²) in [5.74, 6) is 1.00. The molecule has 2 heterocycles. The Morgan fingerprint density at radius 1 is 1.20 bits per heavy atom. The van der Waals surface area contributed by atoms with Gasteiger partial charge >= 0.3 is 0 Å². The third-order valence-electron chi connectivity index (χ3n) is 6.15. The quantitative estimate of drug-likeness (QED) is 0.790. The maximum Gasteiger partial charge on any atom is 0.230 e. The molecule has 0 radical (unpaired) electrons. The molecule has 2 aliphatic heterocycles. The maximum atomic E-state index is 12.9. The van der Waals surface area contributed by atoms with Crippen LogP contribution in [-0.2, 0) is 4.79 Å². The van der Waals surface area contributed by atoms with E-state index in [1.54, 1.807) is 0 Å². The molecule has 0 bridgehead atoms. The van der Waals surface area contributed by atoms with Gasteiger partial charge in [-0.2, -0.15) is 0 Å². The van der Waals surface area contributed by atoms with Crippen molar-refractivity contribution in [3.05, 3.63) is 0 Å². The Morgan fingerprint density at radius 2 is 2.00 bits per heavy atom. The fourth-order valence-corrected chi connectivity index (χ4v) is 4.66. The first-order chi connectivity index (χ1) is 9.52. The number of hydrogen-bond acceptors (Lipinski definition) is 3. The summed E-state index contributed by atoms with van der Waals surface area (Å²) in [7, 11) is 2.24. The van der Waals surface area contributed by atoms with E-state index in [1.807, 2.05) is 0 Å². The van der Waals surface area contributed by atoms with Gasteiger partial charge in [-0.15, -0.1) is 0 Å². The summed E-state index contributed by atoms with van der Waals surface area (Å²) < 4.78 is 0. The number of amides is 1. The molecule has 20 heavy (non-hydrogen) atoms. The lowest BCUT2D eigenvalue weighted by atomic mass is 9.80. The number of carbonyl (C=O) groups is 1. The Labute approximate surface area is 122 Å². The first-order valence-corrected chi connectivity index (χ1v) is 8.27. The SMILES string of the molecule is CN1CCCC2CN(C(=O)C3(C)CCCC3N)CCC21. The van der Waals surface area contributed by atoms with Crippen LogP contribution in [0.2, 0.25) is 0 Å². The molecule has 3 aliphatic rings. The number of hydrogen-bond donors (Lipinski definition) is 1. The van der Waals surface area contributed by atoms with Crippen LogP contribution in [0.5, 0.6) is 0 Å². The fourth-order valence-electron chi connectivity index (χ4n) is 4.66. The lowest BCUT2D eigenvalue weighted by molar-refractivity contribution is -0.145. The Hall–Kier alpha value is -0.610. The van der Waals surface area contributed by atoms with Crippen LogP contribution in [0, 0.1) is 11.3 Å². The van der Waals surface area contributed by atoms with Crippen molar-refractivity contribution in [1.82, 2.24) is 9.80 Å². The van der Waals surface area contributed by atoms with Gasteiger partial charge in [0.2, 0.25) is 5.91 Å². The second-order valence-electron chi connectivity index (χ2n) is 7.41. The molecule has 0 aromatic heterocycles. The summed E-state index contributed by atoms with van der Waals surface area (Å²) in [4.78, 5) is 17.6. The summed E-state index contributed by atoms with van der Waals surface area (Å²) in [6.07, 6.45) is 6.77. The molecule has 4 heteroatoms. The van der Waals surface area contributed by atoms with Crippen LogP contribution < -0.4 is 5.73 Å². The summed E-state index contributed by atoms with van der Waals surface area (Å²) in [5.41, 5.74) is 5.92. The van der Waals surface area contributed by atoms with Crippen molar-refractivity contribution in [1.29, 1.82) is 0 Å². The van der Waals surface area contributed by atoms with Crippen LogP contribution in [0.3, 0.4) is 0 Å². The zero-order valence-corrected chi connectivity index (χ0v) is 13.0. The fraction of sp³-hybridized carbons (Fsp3) is 0.938. The normalized spacial score (nSPS) is 42.5. The molecule has 0 aromatic rings. The molecule has 4 unspecified atom stereocenters. The Bertz CT molecular complexity index is 386. The van der Waals surface area contributed by atoms with Crippen LogP contribution in [-0.4, -0.2) is 54.5 Å². The van der Waals surface area contributed by atoms with E-state index in [0.29, 0.717) is 17.9 Å². The molecule has 2 saturated heterocycles. The smallest absolute Gasteiger partial charge is 0.230 e. The lowest BCUT2D eigenvalue weighted by Gasteiger charge is -2.47. The second kappa shape index (κ2) is 5.30. The molecule has 0 aromatic carbocycles. The van der Waals surface area contributed by atoms with Gasteiger partial charge in [-0.25, -0.2) is 0 Å². The predicted octanol–water partition coefficient (Wildman–Crippen LogP) is 1.45. The average molecular weight is 279 g/mol. The first-order valence-electron chi connectivity index (χ1n) is 8.27. The van der Waals surface area contributed by atoms with Gasteiger partial charge in [0.05, 0.1) is 5.41 Å². The minimum Gasteiger partial charge on any atom is -0.342 e. The minimum absolute atomic E-state index is 0.0572. The Kier molecular flexibility index (Phi) is 3.80.